The summed E-state index contributed by atoms with van der Waals surface area (Å²) in [6.45, 7) is 3.60. The van der Waals surface area contributed by atoms with Gasteiger partial charge in [-0.25, -0.2) is 0 Å². The molecule has 116 valence electrons. The molecule has 21 heavy (non-hydrogen) atoms. The smallest absolute Gasteiger partial charge is 0.305 e. The van der Waals surface area contributed by atoms with Crippen molar-refractivity contribution in [2.24, 2.45) is 0 Å². The minimum absolute atomic E-state index is 0.0986. The Labute approximate surface area is 124 Å². The van der Waals surface area contributed by atoms with Gasteiger partial charge in [-0.2, -0.15) is 5.10 Å². The molecule has 2 rings (SSSR count). The lowest BCUT2D eigenvalue weighted by molar-refractivity contribution is -0.138. The van der Waals surface area contributed by atoms with Crippen molar-refractivity contribution >= 4 is 11.9 Å². The van der Waals surface area contributed by atoms with E-state index in [1.807, 2.05) is 17.8 Å². The summed E-state index contributed by atoms with van der Waals surface area (Å²) in [6, 6.07) is 2.09. The summed E-state index contributed by atoms with van der Waals surface area (Å²) in [6.07, 6.45) is 6.92. The molecule has 1 fully saturated rings. The Balaban J connectivity index is 2.04. The lowest BCUT2D eigenvalue weighted by Gasteiger charge is -2.27. The number of carboxylic acid groups (broad SMARTS) is 1. The normalized spacial score (nSPS) is 18.4. The molecular formula is C15H23N3O3. The third-order valence-corrected chi connectivity index (χ3v) is 4.28. The monoisotopic (exact) mass is 293 g/mol. The first-order valence-corrected chi connectivity index (χ1v) is 7.53. The lowest BCUT2D eigenvalue weighted by atomic mass is 9.94. The van der Waals surface area contributed by atoms with Gasteiger partial charge in [0.1, 0.15) is 5.69 Å². The number of aliphatic carboxylic acids is 1. The highest BCUT2D eigenvalue weighted by atomic mass is 16.4. The number of carboxylic acids is 1. The molecule has 0 aromatic carbocycles. The van der Waals surface area contributed by atoms with Crippen LogP contribution in [0.1, 0.15) is 68.9 Å². The van der Waals surface area contributed by atoms with Crippen LogP contribution in [-0.2, 0) is 4.79 Å². The van der Waals surface area contributed by atoms with Gasteiger partial charge in [0.05, 0.1) is 12.5 Å². The van der Waals surface area contributed by atoms with Crippen molar-refractivity contribution in [3.8, 4) is 0 Å². The van der Waals surface area contributed by atoms with Gasteiger partial charge in [0, 0.05) is 11.7 Å². The Morgan fingerprint density at radius 1 is 1.48 bits per heavy atom. The first kappa shape index (κ1) is 15.5. The molecule has 0 aliphatic heterocycles. The average Bonchev–Trinajstić information content (AvgIpc) is 3.08. The van der Waals surface area contributed by atoms with Gasteiger partial charge in [0.25, 0.3) is 5.91 Å². The standard InChI is InChI=1S/C15H23N3O3/c1-3-15(2,10-13(19)20)16-14(21)12-8-9-18(17-12)11-6-4-5-7-11/h8-9,11H,3-7,10H2,1-2H3,(H,16,21)(H,19,20)/t15-/m1/s1. The van der Waals surface area contributed by atoms with E-state index in [1.54, 1.807) is 13.0 Å². The lowest BCUT2D eigenvalue weighted by Crippen LogP contribution is -2.47. The summed E-state index contributed by atoms with van der Waals surface area (Å²) >= 11 is 0. The predicted octanol–water partition coefficient (Wildman–Crippen LogP) is 2.37. The molecule has 6 heteroatoms. The van der Waals surface area contributed by atoms with E-state index < -0.39 is 11.5 Å². The number of hydrogen-bond acceptors (Lipinski definition) is 3. The molecule has 1 amide bonds. The molecule has 1 aromatic heterocycles. The third-order valence-electron chi connectivity index (χ3n) is 4.28. The number of nitrogens with one attached hydrogen (secondary N) is 1. The van der Waals surface area contributed by atoms with E-state index in [-0.39, 0.29) is 12.3 Å². The molecule has 2 N–H and O–H groups in total. The minimum Gasteiger partial charge on any atom is -0.481 e. The summed E-state index contributed by atoms with van der Waals surface area (Å²) in [4.78, 5) is 23.1. The van der Waals surface area contributed by atoms with Crippen molar-refractivity contribution in [1.29, 1.82) is 0 Å². The molecule has 0 spiro atoms. The zero-order chi connectivity index (χ0) is 15.5. The fraction of sp³-hybridized carbons (Fsp3) is 0.667. The maximum absolute atomic E-state index is 12.2. The first-order chi connectivity index (χ1) is 9.93. The van der Waals surface area contributed by atoms with Crippen molar-refractivity contribution in [3.63, 3.8) is 0 Å². The van der Waals surface area contributed by atoms with Gasteiger partial charge >= 0.3 is 5.97 Å². The zero-order valence-electron chi connectivity index (χ0n) is 12.6. The van der Waals surface area contributed by atoms with Crippen LogP contribution in [0.5, 0.6) is 0 Å². The van der Waals surface area contributed by atoms with E-state index in [0.29, 0.717) is 18.2 Å². The molecule has 0 bridgehead atoms. The highest BCUT2D eigenvalue weighted by Gasteiger charge is 2.29. The fourth-order valence-corrected chi connectivity index (χ4v) is 2.76. The number of rotatable bonds is 6. The first-order valence-electron chi connectivity index (χ1n) is 7.53. The van der Waals surface area contributed by atoms with Gasteiger partial charge in [-0.1, -0.05) is 19.8 Å². The highest BCUT2D eigenvalue weighted by Crippen LogP contribution is 2.28. The average molecular weight is 293 g/mol. The van der Waals surface area contributed by atoms with Crippen LogP contribution in [0.25, 0.3) is 0 Å². The maximum Gasteiger partial charge on any atom is 0.305 e. The van der Waals surface area contributed by atoms with Gasteiger partial charge < -0.3 is 10.4 Å². The Hall–Kier alpha value is -1.85. The second-order valence-electron chi connectivity index (χ2n) is 6.06. The third kappa shape index (κ3) is 3.83. The molecule has 1 heterocycles. The number of aromatic nitrogens is 2. The summed E-state index contributed by atoms with van der Waals surface area (Å²) in [5.41, 5.74) is -0.396. The number of carbonyl (C=O) groups is 2. The topological polar surface area (TPSA) is 84.2 Å². The Morgan fingerprint density at radius 3 is 2.71 bits per heavy atom. The van der Waals surface area contributed by atoms with Gasteiger partial charge in [0.2, 0.25) is 0 Å². The van der Waals surface area contributed by atoms with Crippen molar-refractivity contribution in [2.45, 2.75) is 64.0 Å². The van der Waals surface area contributed by atoms with Crippen LogP contribution in [0, 0.1) is 0 Å². The van der Waals surface area contributed by atoms with Crippen LogP contribution in [0.3, 0.4) is 0 Å². The van der Waals surface area contributed by atoms with Crippen molar-refractivity contribution in [2.75, 3.05) is 0 Å². The van der Waals surface area contributed by atoms with Crippen molar-refractivity contribution in [3.05, 3.63) is 18.0 Å². The van der Waals surface area contributed by atoms with Crippen LogP contribution >= 0.6 is 0 Å². The van der Waals surface area contributed by atoms with Crippen LogP contribution in [0.15, 0.2) is 12.3 Å². The van der Waals surface area contributed by atoms with Gasteiger partial charge in [-0.3, -0.25) is 14.3 Å². The van der Waals surface area contributed by atoms with Gasteiger partial charge in [-0.05, 0) is 32.3 Å². The maximum atomic E-state index is 12.2. The minimum atomic E-state index is -0.920. The van der Waals surface area contributed by atoms with Gasteiger partial charge in [0.15, 0.2) is 0 Å². The largest absolute Gasteiger partial charge is 0.481 e. The van der Waals surface area contributed by atoms with E-state index in [0.717, 1.165) is 12.8 Å². The summed E-state index contributed by atoms with van der Waals surface area (Å²) in [5, 5.41) is 16.1. The number of amides is 1. The van der Waals surface area contributed by atoms with Crippen molar-refractivity contribution < 1.29 is 14.7 Å². The number of carbonyl (C=O) groups excluding carboxylic acids is 1. The van der Waals surface area contributed by atoms with Gasteiger partial charge in [-0.15, -0.1) is 0 Å². The Morgan fingerprint density at radius 2 is 2.14 bits per heavy atom. The van der Waals surface area contributed by atoms with Crippen LogP contribution in [0.2, 0.25) is 0 Å². The predicted molar refractivity (Wildman–Crippen MR) is 78.1 cm³/mol. The quantitative estimate of drug-likeness (QED) is 0.843. The van der Waals surface area contributed by atoms with E-state index >= 15 is 0 Å². The molecule has 1 aromatic rings. The number of nitrogens with zero attached hydrogens (tertiary/aromatic N) is 2. The second-order valence-corrected chi connectivity index (χ2v) is 6.06. The van der Waals surface area contributed by atoms with E-state index in [9.17, 15) is 9.59 Å². The SMILES string of the molecule is CC[C@](C)(CC(=O)O)NC(=O)c1ccn(C2CCCC2)n1. The van der Waals surface area contributed by atoms with E-state index in [2.05, 4.69) is 10.4 Å². The molecule has 1 aliphatic rings. The number of hydrogen-bond donors (Lipinski definition) is 2. The van der Waals surface area contributed by atoms with Crippen molar-refractivity contribution in [1.82, 2.24) is 15.1 Å². The van der Waals surface area contributed by atoms with E-state index in [4.69, 9.17) is 5.11 Å². The zero-order valence-corrected chi connectivity index (χ0v) is 12.6. The fourth-order valence-electron chi connectivity index (χ4n) is 2.76. The van der Waals surface area contributed by atoms with Crippen LogP contribution < -0.4 is 5.32 Å². The molecular weight excluding hydrogens is 270 g/mol. The van der Waals surface area contributed by atoms with E-state index in [1.165, 1.54) is 12.8 Å². The van der Waals surface area contributed by atoms with Crippen LogP contribution in [0.4, 0.5) is 0 Å². The Bertz CT molecular complexity index is 520. The molecule has 0 radical (unpaired) electrons. The second kappa shape index (κ2) is 6.28. The highest BCUT2D eigenvalue weighted by molar-refractivity contribution is 5.93. The molecule has 1 saturated carbocycles. The molecule has 0 saturated heterocycles. The molecule has 1 aliphatic carbocycles. The summed E-state index contributed by atoms with van der Waals surface area (Å²) in [7, 11) is 0. The van der Waals surface area contributed by atoms with Crippen LogP contribution in [-0.4, -0.2) is 32.3 Å². The summed E-state index contributed by atoms with van der Waals surface area (Å²) < 4.78 is 1.86. The molecule has 0 unspecified atom stereocenters. The Kier molecular flexibility index (Phi) is 4.65. The molecule has 1 atom stereocenters. The summed E-state index contributed by atoms with van der Waals surface area (Å²) in [5.74, 6) is -1.23. The molecule has 6 nitrogen and oxygen atoms in total.